The largest absolute Gasteiger partial charge is 0.307 e. The van der Waals surface area contributed by atoms with Gasteiger partial charge in [-0.25, -0.2) is 0 Å². The van der Waals surface area contributed by atoms with E-state index in [0.717, 1.165) is 16.3 Å². The highest BCUT2D eigenvalue weighted by Crippen LogP contribution is 2.29. The number of aryl methyl sites for hydroxylation is 1. The predicted octanol–water partition coefficient (Wildman–Crippen LogP) is 1.70. The molecule has 2 aromatic rings. The molecule has 0 spiro atoms. The van der Waals surface area contributed by atoms with Crippen molar-refractivity contribution in [1.29, 1.82) is 0 Å². The smallest absolute Gasteiger partial charge is 0.0896 e. The van der Waals surface area contributed by atoms with Crippen LogP contribution in [-0.4, -0.2) is 26.4 Å². The molecule has 2 heterocycles. The quantitative estimate of drug-likeness (QED) is 0.898. The van der Waals surface area contributed by atoms with Gasteiger partial charge < -0.3 is 5.32 Å². The van der Waals surface area contributed by atoms with Crippen molar-refractivity contribution in [1.82, 2.24) is 24.7 Å². The van der Waals surface area contributed by atoms with Crippen molar-refractivity contribution in [3.63, 3.8) is 0 Å². The first-order valence-corrected chi connectivity index (χ1v) is 6.39. The molecule has 0 radical (unpaired) electrons. The van der Waals surface area contributed by atoms with Crippen LogP contribution in [0.25, 0.3) is 0 Å². The third kappa shape index (κ3) is 2.37. The van der Waals surface area contributed by atoms with Crippen LogP contribution in [0.1, 0.15) is 42.1 Å². The first-order valence-electron chi connectivity index (χ1n) is 5.62. The number of rotatable bonds is 4. The molecule has 1 N–H and O–H groups in total. The maximum Gasteiger partial charge on any atom is 0.0896 e. The van der Waals surface area contributed by atoms with E-state index in [2.05, 4.69) is 33.8 Å². The highest BCUT2D eigenvalue weighted by molar-refractivity contribution is 7.05. The van der Waals surface area contributed by atoms with Gasteiger partial charge in [0.05, 0.1) is 22.3 Å². The molecule has 0 amide bonds. The Bertz CT molecular complexity index is 488. The van der Waals surface area contributed by atoms with Gasteiger partial charge in [0.15, 0.2) is 0 Å². The maximum absolute atomic E-state index is 4.44. The van der Waals surface area contributed by atoms with Crippen LogP contribution in [0.4, 0.5) is 0 Å². The zero-order chi connectivity index (χ0) is 12.4. The van der Waals surface area contributed by atoms with Crippen LogP contribution in [0.15, 0.2) is 12.3 Å². The summed E-state index contributed by atoms with van der Waals surface area (Å²) in [6.45, 7) is 4.26. The van der Waals surface area contributed by atoms with Gasteiger partial charge in [0.25, 0.3) is 0 Å². The molecule has 0 aliphatic heterocycles. The van der Waals surface area contributed by atoms with Crippen LogP contribution in [0.3, 0.4) is 0 Å². The Balaban J connectivity index is 2.38. The molecule has 0 saturated heterocycles. The van der Waals surface area contributed by atoms with E-state index in [4.69, 9.17) is 0 Å². The van der Waals surface area contributed by atoms with Gasteiger partial charge in [0.1, 0.15) is 0 Å². The number of nitrogens with zero attached hydrogens (tertiary/aromatic N) is 4. The van der Waals surface area contributed by atoms with Crippen molar-refractivity contribution in [2.45, 2.75) is 25.8 Å². The molecule has 0 aromatic carbocycles. The van der Waals surface area contributed by atoms with E-state index in [9.17, 15) is 0 Å². The fourth-order valence-corrected chi connectivity index (χ4v) is 2.74. The fourth-order valence-electron chi connectivity index (χ4n) is 1.81. The molecule has 2 aromatic heterocycles. The molecule has 1 unspecified atom stereocenters. The third-order valence-electron chi connectivity index (χ3n) is 2.67. The molecule has 0 fully saturated rings. The summed E-state index contributed by atoms with van der Waals surface area (Å²) in [6.07, 6.45) is 1.95. The Morgan fingerprint density at radius 3 is 2.71 bits per heavy atom. The Morgan fingerprint density at radius 1 is 1.41 bits per heavy atom. The molecule has 2 rings (SSSR count). The Labute approximate surface area is 105 Å². The molecule has 0 saturated carbocycles. The lowest BCUT2D eigenvalue weighted by atomic mass is 10.0. The molecular weight excluding hydrogens is 234 g/mol. The predicted molar refractivity (Wildman–Crippen MR) is 68.1 cm³/mol. The molecule has 1 atom stereocenters. The minimum absolute atomic E-state index is 0.0774. The minimum Gasteiger partial charge on any atom is -0.307 e. The number of nitrogens with one attached hydrogen (secondary N) is 1. The second-order valence-electron chi connectivity index (χ2n) is 4.31. The Hall–Kier alpha value is -1.27. The highest BCUT2D eigenvalue weighted by Gasteiger charge is 2.22. The molecule has 0 aliphatic rings. The van der Waals surface area contributed by atoms with Crippen LogP contribution in [0.5, 0.6) is 0 Å². The third-order valence-corrected chi connectivity index (χ3v) is 3.47. The summed E-state index contributed by atoms with van der Waals surface area (Å²) >= 11 is 1.44. The standard InChI is InChI=1S/C11H17N5S/c1-7(2)9-11(17-15-13-9)10(12-3)8-5-6-16(4)14-8/h5-7,10,12H,1-4H3. The SMILES string of the molecule is CNC(c1ccn(C)n1)c1snnc1C(C)C. The summed E-state index contributed by atoms with van der Waals surface area (Å²) in [5.41, 5.74) is 2.06. The summed E-state index contributed by atoms with van der Waals surface area (Å²) in [6, 6.07) is 2.10. The Kier molecular flexibility index (Phi) is 3.54. The van der Waals surface area contributed by atoms with E-state index in [1.807, 2.05) is 31.0 Å². The van der Waals surface area contributed by atoms with Crippen molar-refractivity contribution in [2.24, 2.45) is 7.05 Å². The minimum atomic E-state index is 0.0774. The van der Waals surface area contributed by atoms with Gasteiger partial charge in [-0.3, -0.25) is 4.68 Å². The average Bonchev–Trinajstić information content (AvgIpc) is 2.89. The lowest BCUT2D eigenvalue weighted by Gasteiger charge is -2.14. The van der Waals surface area contributed by atoms with Crippen molar-refractivity contribution < 1.29 is 0 Å². The monoisotopic (exact) mass is 251 g/mol. The van der Waals surface area contributed by atoms with E-state index in [1.165, 1.54) is 11.5 Å². The topological polar surface area (TPSA) is 55.6 Å². The van der Waals surface area contributed by atoms with Crippen molar-refractivity contribution >= 4 is 11.5 Å². The van der Waals surface area contributed by atoms with Crippen molar-refractivity contribution in [3.05, 3.63) is 28.5 Å². The second-order valence-corrected chi connectivity index (χ2v) is 5.10. The zero-order valence-electron chi connectivity index (χ0n) is 10.5. The van der Waals surface area contributed by atoms with Crippen LogP contribution in [0, 0.1) is 0 Å². The second kappa shape index (κ2) is 4.93. The molecule has 92 valence electrons. The fraction of sp³-hybridized carbons (Fsp3) is 0.545. The average molecular weight is 251 g/mol. The van der Waals surface area contributed by atoms with E-state index in [-0.39, 0.29) is 6.04 Å². The van der Waals surface area contributed by atoms with Crippen LogP contribution >= 0.6 is 11.5 Å². The summed E-state index contributed by atoms with van der Waals surface area (Å²) in [5, 5.41) is 11.9. The van der Waals surface area contributed by atoms with Gasteiger partial charge in [0, 0.05) is 13.2 Å². The first-order chi connectivity index (χ1) is 8.13. The molecular formula is C11H17N5S. The summed E-state index contributed by atoms with van der Waals surface area (Å²) < 4.78 is 5.87. The van der Waals surface area contributed by atoms with Gasteiger partial charge in [-0.1, -0.05) is 18.3 Å². The van der Waals surface area contributed by atoms with Crippen LogP contribution in [-0.2, 0) is 7.05 Å². The molecule has 6 heteroatoms. The van der Waals surface area contributed by atoms with E-state index < -0.39 is 0 Å². The van der Waals surface area contributed by atoms with Crippen molar-refractivity contribution in [2.75, 3.05) is 7.05 Å². The summed E-state index contributed by atoms with van der Waals surface area (Å²) in [4.78, 5) is 1.15. The van der Waals surface area contributed by atoms with Gasteiger partial charge in [0.2, 0.25) is 0 Å². The van der Waals surface area contributed by atoms with Crippen molar-refractivity contribution in [3.8, 4) is 0 Å². The Morgan fingerprint density at radius 2 is 2.18 bits per heavy atom. The molecule has 5 nitrogen and oxygen atoms in total. The zero-order valence-corrected chi connectivity index (χ0v) is 11.3. The molecule has 0 bridgehead atoms. The van der Waals surface area contributed by atoms with Gasteiger partial charge in [-0.05, 0) is 30.6 Å². The van der Waals surface area contributed by atoms with Gasteiger partial charge in [-0.2, -0.15) is 5.10 Å². The lowest BCUT2D eigenvalue weighted by Crippen LogP contribution is -2.19. The number of aromatic nitrogens is 4. The van der Waals surface area contributed by atoms with E-state index in [1.54, 1.807) is 0 Å². The molecule has 0 aliphatic carbocycles. The molecule has 17 heavy (non-hydrogen) atoms. The summed E-state index contributed by atoms with van der Waals surface area (Å²) in [7, 11) is 3.85. The van der Waals surface area contributed by atoms with Gasteiger partial charge in [-0.15, -0.1) is 5.10 Å². The first kappa shape index (κ1) is 12.2. The number of hydrogen-bond acceptors (Lipinski definition) is 5. The highest BCUT2D eigenvalue weighted by atomic mass is 32.1. The van der Waals surface area contributed by atoms with Crippen LogP contribution < -0.4 is 5.32 Å². The van der Waals surface area contributed by atoms with E-state index >= 15 is 0 Å². The lowest BCUT2D eigenvalue weighted by molar-refractivity contribution is 0.637. The number of hydrogen-bond donors (Lipinski definition) is 1. The maximum atomic E-state index is 4.44. The van der Waals surface area contributed by atoms with E-state index in [0.29, 0.717) is 5.92 Å². The normalized spacial score (nSPS) is 13.2. The van der Waals surface area contributed by atoms with Crippen LogP contribution in [0.2, 0.25) is 0 Å². The summed E-state index contributed by atoms with van der Waals surface area (Å²) in [5.74, 6) is 0.378. The van der Waals surface area contributed by atoms with Gasteiger partial charge >= 0.3 is 0 Å².